The van der Waals surface area contributed by atoms with Gasteiger partial charge in [0.25, 0.3) is 0 Å². The maximum atomic E-state index is 12.1. The molecule has 1 N–H and O–H groups in total. The van der Waals surface area contributed by atoms with Crippen LogP contribution in [0.25, 0.3) is 0 Å². The molecule has 1 rings (SSSR count). The van der Waals surface area contributed by atoms with Crippen molar-refractivity contribution in [1.29, 1.82) is 0 Å². The number of carbonyl (C=O) groups excluding carboxylic acids is 1. The monoisotopic (exact) mass is 244 g/mol. The highest BCUT2D eigenvalue weighted by atomic mass is 16.5. The zero-order valence-corrected chi connectivity index (χ0v) is 10.9. The van der Waals surface area contributed by atoms with E-state index in [1.54, 1.807) is 7.11 Å². The van der Waals surface area contributed by atoms with E-state index in [2.05, 4.69) is 6.92 Å². The van der Waals surface area contributed by atoms with E-state index >= 15 is 0 Å². The number of aliphatic hydroxyl groups is 1. The zero-order valence-electron chi connectivity index (χ0n) is 10.9. The van der Waals surface area contributed by atoms with Crippen LogP contribution >= 0.6 is 0 Å². The first-order valence-corrected chi connectivity index (χ1v) is 6.49. The standard InChI is InChI=1S/C13H24O4/c1-3-4-9-17-12(15)13(10-16-2)7-5-11(14)6-8-13/h11,14H,3-10H2,1-2H3/t11-,13+. The Kier molecular flexibility index (Phi) is 5.92. The number of methoxy groups -OCH3 is 1. The minimum atomic E-state index is -0.526. The zero-order chi connectivity index (χ0) is 12.7. The summed E-state index contributed by atoms with van der Waals surface area (Å²) in [5.41, 5.74) is -0.526. The van der Waals surface area contributed by atoms with Gasteiger partial charge in [0.15, 0.2) is 0 Å². The molecule has 1 fully saturated rings. The Morgan fingerprint density at radius 3 is 2.59 bits per heavy atom. The van der Waals surface area contributed by atoms with Gasteiger partial charge in [-0.05, 0) is 32.1 Å². The van der Waals surface area contributed by atoms with Gasteiger partial charge < -0.3 is 14.6 Å². The number of carbonyl (C=O) groups is 1. The van der Waals surface area contributed by atoms with Crippen molar-refractivity contribution in [2.24, 2.45) is 5.41 Å². The summed E-state index contributed by atoms with van der Waals surface area (Å²) >= 11 is 0. The lowest BCUT2D eigenvalue weighted by atomic mass is 9.73. The van der Waals surface area contributed by atoms with Gasteiger partial charge >= 0.3 is 5.97 Å². The van der Waals surface area contributed by atoms with E-state index in [0.29, 0.717) is 38.9 Å². The third-order valence-corrected chi connectivity index (χ3v) is 3.50. The lowest BCUT2D eigenvalue weighted by Crippen LogP contribution is -2.41. The number of rotatable bonds is 6. The molecule has 0 aliphatic heterocycles. The summed E-state index contributed by atoms with van der Waals surface area (Å²) in [6, 6.07) is 0. The Balaban J connectivity index is 2.54. The van der Waals surface area contributed by atoms with Crippen molar-refractivity contribution in [3.8, 4) is 0 Å². The van der Waals surface area contributed by atoms with E-state index in [9.17, 15) is 9.90 Å². The number of unbranched alkanes of at least 4 members (excludes halogenated alkanes) is 1. The largest absolute Gasteiger partial charge is 0.465 e. The minimum Gasteiger partial charge on any atom is -0.465 e. The summed E-state index contributed by atoms with van der Waals surface area (Å²) in [5.74, 6) is -0.153. The molecule has 0 atom stereocenters. The smallest absolute Gasteiger partial charge is 0.314 e. The second-order valence-electron chi connectivity index (χ2n) is 4.93. The molecule has 4 heteroatoms. The van der Waals surface area contributed by atoms with Crippen LogP contribution in [0.5, 0.6) is 0 Å². The molecule has 0 aromatic carbocycles. The topological polar surface area (TPSA) is 55.8 Å². The Labute approximate surface area is 103 Å². The van der Waals surface area contributed by atoms with E-state index in [4.69, 9.17) is 9.47 Å². The Hall–Kier alpha value is -0.610. The maximum absolute atomic E-state index is 12.1. The van der Waals surface area contributed by atoms with Gasteiger partial charge in [-0.15, -0.1) is 0 Å². The molecule has 1 aliphatic carbocycles. The van der Waals surface area contributed by atoms with E-state index < -0.39 is 5.41 Å². The fraction of sp³-hybridized carbons (Fsp3) is 0.923. The normalized spacial score (nSPS) is 29.0. The van der Waals surface area contributed by atoms with Crippen molar-refractivity contribution in [3.63, 3.8) is 0 Å². The van der Waals surface area contributed by atoms with Crippen LogP contribution in [0.4, 0.5) is 0 Å². The average Bonchev–Trinajstić information content (AvgIpc) is 2.33. The number of ether oxygens (including phenoxy) is 2. The number of aliphatic hydroxyl groups excluding tert-OH is 1. The number of hydrogen-bond donors (Lipinski definition) is 1. The van der Waals surface area contributed by atoms with Crippen LogP contribution in [0.1, 0.15) is 45.4 Å². The highest BCUT2D eigenvalue weighted by Crippen LogP contribution is 2.37. The summed E-state index contributed by atoms with van der Waals surface area (Å²) in [6.45, 7) is 2.95. The first-order valence-electron chi connectivity index (χ1n) is 6.49. The minimum absolute atomic E-state index is 0.153. The molecule has 1 aliphatic rings. The highest BCUT2D eigenvalue weighted by molar-refractivity contribution is 5.77. The summed E-state index contributed by atoms with van der Waals surface area (Å²) in [4.78, 5) is 12.1. The Bertz CT molecular complexity index is 232. The summed E-state index contributed by atoms with van der Waals surface area (Å²) in [7, 11) is 1.60. The van der Waals surface area contributed by atoms with Gasteiger partial charge in [0.05, 0.1) is 24.7 Å². The van der Waals surface area contributed by atoms with Crippen molar-refractivity contribution >= 4 is 5.97 Å². The van der Waals surface area contributed by atoms with Gasteiger partial charge in [-0.1, -0.05) is 13.3 Å². The lowest BCUT2D eigenvalue weighted by molar-refractivity contribution is -0.163. The molecule has 0 heterocycles. The molecule has 1 saturated carbocycles. The van der Waals surface area contributed by atoms with Gasteiger partial charge in [-0.3, -0.25) is 4.79 Å². The molecular weight excluding hydrogens is 220 g/mol. The predicted molar refractivity (Wildman–Crippen MR) is 64.7 cm³/mol. The average molecular weight is 244 g/mol. The van der Waals surface area contributed by atoms with Crippen molar-refractivity contribution < 1.29 is 19.4 Å². The lowest BCUT2D eigenvalue weighted by Gasteiger charge is -2.36. The van der Waals surface area contributed by atoms with Crippen molar-refractivity contribution in [2.75, 3.05) is 20.3 Å². The van der Waals surface area contributed by atoms with E-state index in [1.165, 1.54) is 0 Å². The van der Waals surface area contributed by atoms with Gasteiger partial charge in [0.1, 0.15) is 0 Å². The van der Waals surface area contributed by atoms with Gasteiger partial charge in [0.2, 0.25) is 0 Å². The van der Waals surface area contributed by atoms with Crippen LogP contribution in [0.3, 0.4) is 0 Å². The van der Waals surface area contributed by atoms with E-state index in [0.717, 1.165) is 12.8 Å². The van der Waals surface area contributed by atoms with Crippen LogP contribution in [-0.2, 0) is 14.3 Å². The molecule has 0 saturated heterocycles. The van der Waals surface area contributed by atoms with Crippen LogP contribution in [0, 0.1) is 5.41 Å². The summed E-state index contributed by atoms with van der Waals surface area (Å²) < 4.78 is 10.5. The molecule has 0 aromatic heterocycles. The molecule has 0 aromatic rings. The van der Waals surface area contributed by atoms with Gasteiger partial charge in [-0.2, -0.15) is 0 Å². The Morgan fingerprint density at radius 1 is 1.41 bits per heavy atom. The molecule has 0 radical (unpaired) electrons. The summed E-state index contributed by atoms with van der Waals surface area (Å²) in [5, 5.41) is 9.51. The van der Waals surface area contributed by atoms with Gasteiger partial charge in [-0.25, -0.2) is 0 Å². The van der Waals surface area contributed by atoms with Crippen LogP contribution in [-0.4, -0.2) is 37.5 Å². The third kappa shape index (κ3) is 3.96. The van der Waals surface area contributed by atoms with Crippen molar-refractivity contribution in [3.05, 3.63) is 0 Å². The SMILES string of the molecule is CCCCOC(=O)[C@]1(COC)CC[C@H](O)CC1. The first kappa shape index (κ1) is 14.5. The van der Waals surface area contributed by atoms with Crippen molar-refractivity contribution in [2.45, 2.75) is 51.6 Å². The highest BCUT2D eigenvalue weighted by Gasteiger charge is 2.42. The number of hydrogen-bond acceptors (Lipinski definition) is 4. The van der Waals surface area contributed by atoms with E-state index in [-0.39, 0.29) is 12.1 Å². The molecule has 17 heavy (non-hydrogen) atoms. The fourth-order valence-electron chi connectivity index (χ4n) is 2.30. The molecule has 0 amide bonds. The second-order valence-corrected chi connectivity index (χ2v) is 4.93. The van der Waals surface area contributed by atoms with Crippen molar-refractivity contribution in [1.82, 2.24) is 0 Å². The first-order chi connectivity index (χ1) is 8.14. The van der Waals surface area contributed by atoms with Crippen LogP contribution in [0.2, 0.25) is 0 Å². The molecule has 0 bridgehead atoms. The Morgan fingerprint density at radius 2 is 2.06 bits per heavy atom. The van der Waals surface area contributed by atoms with Gasteiger partial charge in [0, 0.05) is 7.11 Å². The van der Waals surface area contributed by atoms with Crippen LogP contribution < -0.4 is 0 Å². The van der Waals surface area contributed by atoms with Crippen LogP contribution in [0.15, 0.2) is 0 Å². The summed E-state index contributed by atoms with van der Waals surface area (Å²) in [6.07, 6.45) is 4.28. The van der Waals surface area contributed by atoms with E-state index in [1.807, 2.05) is 0 Å². The molecule has 100 valence electrons. The quantitative estimate of drug-likeness (QED) is 0.572. The predicted octanol–water partition coefficient (Wildman–Crippen LogP) is 1.90. The molecule has 0 spiro atoms. The third-order valence-electron chi connectivity index (χ3n) is 3.50. The molecular formula is C13H24O4. The maximum Gasteiger partial charge on any atom is 0.314 e. The fourth-order valence-corrected chi connectivity index (χ4v) is 2.30. The molecule has 0 unspecified atom stereocenters. The second kappa shape index (κ2) is 6.97. The number of esters is 1. The molecule has 4 nitrogen and oxygen atoms in total.